The van der Waals surface area contributed by atoms with E-state index < -0.39 is 5.60 Å². The highest BCUT2D eigenvalue weighted by Gasteiger charge is 2.19. The van der Waals surface area contributed by atoms with Crippen LogP contribution in [0.5, 0.6) is 0 Å². The SMILES string of the molecule is COC(=O)Cc1c(C)ncn1CC(=O)OC(C)(C)C. The summed E-state index contributed by atoms with van der Waals surface area (Å²) in [5.74, 6) is -0.731. The molecule has 0 unspecified atom stereocenters. The fourth-order valence-corrected chi connectivity index (χ4v) is 1.60. The smallest absolute Gasteiger partial charge is 0.326 e. The molecule has 0 radical (unpaired) electrons. The topological polar surface area (TPSA) is 70.4 Å². The lowest BCUT2D eigenvalue weighted by atomic mass is 10.2. The Bertz CT molecular complexity index is 471. The number of carbonyl (C=O) groups is 2. The molecule has 0 spiro atoms. The first-order chi connectivity index (χ1) is 8.73. The normalized spacial score (nSPS) is 11.2. The lowest BCUT2D eigenvalue weighted by Gasteiger charge is -2.20. The molecule has 0 amide bonds. The van der Waals surface area contributed by atoms with Crippen LogP contribution >= 0.6 is 0 Å². The van der Waals surface area contributed by atoms with Gasteiger partial charge in [0.2, 0.25) is 0 Å². The van der Waals surface area contributed by atoms with Crippen molar-refractivity contribution in [3.63, 3.8) is 0 Å². The van der Waals surface area contributed by atoms with Gasteiger partial charge in [-0.15, -0.1) is 0 Å². The summed E-state index contributed by atoms with van der Waals surface area (Å²) in [4.78, 5) is 27.2. The molecule has 0 fully saturated rings. The summed E-state index contributed by atoms with van der Waals surface area (Å²) in [6, 6.07) is 0. The van der Waals surface area contributed by atoms with E-state index in [0.717, 1.165) is 0 Å². The first-order valence-corrected chi connectivity index (χ1v) is 6.02. The largest absolute Gasteiger partial charge is 0.469 e. The summed E-state index contributed by atoms with van der Waals surface area (Å²) >= 11 is 0. The van der Waals surface area contributed by atoms with E-state index in [1.165, 1.54) is 13.4 Å². The molecule has 1 aromatic heterocycles. The zero-order valence-corrected chi connectivity index (χ0v) is 12.0. The van der Waals surface area contributed by atoms with Gasteiger partial charge in [-0.25, -0.2) is 4.98 Å². The molecule has 0 aliphatic rings. The third-order valence-electron chi connectivity index (χ3n) is 2.41. The Morgan fingerprint density at radius 1 is 1.32 bits per heavy atom. The van der Waals surface area contributed by atoms with E-state index >= 15 is 0 Å². The van der Waals surface area contributed by atoms with Gasteiger partial charge in [0.1, 0.15) is 12.1 Å². The molecule has 0 aliphatic carbocycles. The molecule has 1 rings (SSSR count). The lowest BCUT2D eigenvalue weighted by molar-refractivity contribution is -0.155. The van der Waals surface area contributed by atoms with Crippen molar-refractivity contribution in [1.82, 2.24) is 9.55 Å². The predicted octanol–water partition coefficient (Wildman–Crippen LogP) is 1.25. The monoisotopic (exact) mass is 268 g/mol. The Morgan fingerprint density at radius 2 is 1.95 bits per heavy atom. The van der Waals surface area contributed by atoms with Crippen molar-refractivity contribution < 1.29 is 19.1 Å². The Kier molecular flexibility index (Phi) is 4.69. The van der Waals surface area contributed by atoms with Crippen LogP contribution in [0.3, 0.4) is 0 Å². The van der Waals surface area contributed by atoms with Crippen LogP contribution in [-0.4, -0.2) is 34.2 Å². The van der Waals surface area contributed by atoms with Crippen LogP contribution in [0.4, 0.5) is 0 Å². The van der Waals surface area contributed by atoms with Gasteiger partial charge < -0.3 is 14.0 Å². The molecule has 0 atom stereocenters. The van der Waals surface area contributed by atoms with Gasteiger partial charge >= 0.3 is 11.9 Å². The van der Waals surface area contributed by atoms with Crippen molar-refractivity contribution in [3.05, 3.63) is 17.7 Å². The number of ether oxygens (including phenoxy) is 2. The molecule has 0 saturated heterocycles. The standard InChI is InChI=1S/C13H20N2O4/c1-9-10(6-11(16)18-5)15(8-14-9)7-12(17)19-13(2,3)4/h8H,6-7H2,1-5H3. The van der Waals surface area contributed by atoms with E-state index in [0.29, 0.717) is 11.4 Å². The van der Waals surface area contributed by atoms with Crippen LogP contribution in [-0.2, 0) is 32.0 Å². The molecular formula is C13H20N2O4. The third-order valence-corrected chi connectivity index (χ3v) is 2.41. The van der Waals surface area contributed by atoms with E-state index in [9.17, 15) is 9.59 Å². The minimum absolute atomic E-state index is 0.0322. The van der Waals surface area contributed by atoms with Crippen molar-refractivity contribution in [2.45, 2.75) is 46.3 Å². The van der Waals surface area contributed by atoms with Crippen LogP contribution in [0.1, 0.15) is 32.2 Å². The highest BCUT2D eigenvalue weighted by Crippen LogP contribution is 2.11. The highest BCUT2D eigenvalue weighted by atomic mass is 16.6. The molecule has 0 aliphatic heterocycles. The fraction of sp³-hybridized carbons (Fsp3) is 0.615. The fourth-order valence-electron chi connectivity index (χ4n) is 1.60. The number of hydrogen-bond donors (Lipinski definition) is 0. The van der Waals surface area contributed by atoms with Crippen LogP contribution in [0, 0.1) is 6.92 Å². The number of rotatable bonds is 4. The number of hydrogen-bond acceptors (Lipinski definition) is 5. The van der Waals surface area contributed by atoms with Gasteiger partial charge in [-0.3, -0.25) is 9.59 Å². The van der Waals surface area contributed by atoms with Gasteiger partial charge in [-0.2, -0.15) is 0 Å². The molecule has 19 heavy (non-hydrogen) atoms. The third kappa shape index (κ3) is 4.73. The summed E-state index contributed by atoms with van der Waals surface area (Å²) in [6.07, 6.45) is 1.61. The first-order valence-electron chi connectivity index (χ1n) is 6.02. The highest BCUT2D eigenvalue weighted by molar-refractivity contribution is 5.73. The summed E-state index contributed by atoms with van der Waals surface area (Å²) in [5.41, 5.74) is 0.835. The zero-order chi connectivity index (χ0) is 14.6. The van der Waals surface area contributed by atoms with E-state index in [-0.39, 0.29) is 24.9 Å². The van der Waals surface area contributed by atoms with Gasteiger partial charge in [-0.1, -0.05) is 0 Å². The molecule has 0 N–H and O–H groups in total. The lowest BCUT2D eigenvalue weighted by Crippen LogP contribution is -2.27. The quantitative estimate of drug-likeness (QED) is 0.769. The van der Waals surface area contributed by atoms with Gasteiger partial charge in [-0.05, 0) is 27.7 Å². The maximum absolute atomic E-state index is 11.8. The minimum Gasteiger partial charge on any atom is -0.469 e. The summed E-state index contributed by atoms with van der Waals surface area (Å²) in [6.45, 7) is 7.23. The second kappa shape index (κ2) is 5.86. The molecule has 0 saturated carbocycles. The van der Waals surface area contributed by atoms with Crippen molar-refractivity contribution in [2.75, 3.05) is 7.11 Å². The van der Waals surface area contributed by atoms with Crippen LogP contribution < -0.4 is 0 Å². The number of nitrogens with zero attached hydrogens (tertiary/aromatic N) is 2. The summed E-state index contributed by atoms with van der Waals surface area (Å²) in [7, 11) is 1.33. The van der Waals surface area contributed by atoms with Gasteiger partial charge in [0.05, 0.1) is 31.2 Å². The van der Waals surface area contributed by atoms with Crippen LogP contribution in [0.25, 0.3) is 0 Å². The Balaban J connectivity index is 2.79. The molecule has 1 heterocycles. The Labute approximate surface area is 112 Å². The van der Waals surface area contributed by atoms with Gasteiger partial charge in [0.15, 0.2) is 0 Å². The van der Waals surface area contributed by atoms with Crippen molar-refractivity contribution >= 4 is 11.9 Å². The molecule has 6 nitrogen and oxygen atoms in total. The Hall–Kier alpha value is -1.85. The predicted molar refractivity (Wildman–Crippen MR) is 68.5 cm³/mol. The average molecular weight is 268 g/mol. The van der Waals surface area contributed by atoms with Gasteiger partial charge in [0, 0.05) is 0 Å². The molecule has 1 aromatic rings. The number of aromatic nitrogens is 2. The summed E-state index contributed by atoms with van der Waals surface area (Å²) < 4.78 is 11.5. The van der Waals surface area contributed by atoms with E-state index in [1.807, 2.05) is 0 Å². The molecular weight excluding hydrogens is 248 g/mol. The van der Waals surface area contributed by atoms with Crippen molar-refractivity contribution in [2.24, 2.45) is 0 Å². The summed E-state index contributed by atoms with van der Waals surface area (Å²) in [5, 5.41) is 0. The average Bonchev–Trinajstić information content (AvgIpc) is 2.58. The molecule has 0 aromatic carbocycles. The van der Waals surface area contributed by atoms with Crippen molar-refractivity contribution in [1.29, 1.82) is 0 Å². The minimum atomic E-state index is -0.533. The first kappa shape index (κ1) is 15.2. The number of esters is 2. The molecule has 106 valence electrons. The molecule has 0 bridgehead atoms. The van der Waals surface area contributed by atoms with Crippen molar-refractivity contribution in [3.8, 4) is 0 Å². The van der Waals surface area contributed by atoms with E-state index in [2.05, 4.69) is 9.72 Å². The number of aryl methyl sites for hydroxylation is 1. The zero-order valence-electron chi connectivity index (χ0n) is 12.0. The van der Waals surface area contributed by atoms with E-state index in [4.69, 9.17) is 4.74 Å². The van der Waals surface area contributed by atoms with Gasteiger partial charge in [0.25, 0.3) is 0 Å². The Morgan fingerprint density at radius 3 is 2.47 bits per heavy atom. The van der Waals surface area contributed by atoms with Crippen LogP contribution in [0.2, 0.25) is 0 Å². The maximum Gasteiger partial charge on any atom is 0.326 e. The van der Waals surface area contributed by atoms with Crippen LogP contribution in [0.15, 0.2) is 6.33 Å². The second-order valence-electron chi connectivity index (χ2n) is 5.24. The molecule has 6 heteroatoms. The number of methoxy groups -OCH3 is 1. The second-order valence-corrected chi connectivity index (χ2v) is 5.24. The number of carbonyl (C=O) groups excluding carboxylic acids is 2. The number of imidazole rings is 1. The maximum atomic E-state index is 11.8. The van der Waals surface area contributed by atoms with E-state index in [1.54, 1.807) is 32.3 Å².